The number of halogens is 2. The molecular weight excluding hydrogens is 354 g/mol. The highest BCUT2D eigenvalue weighted by Crippen LogP contribution is 2.21. The zero-order valence-corrected chi connectivity index (χ0v) is 15.4. The number of hydrogen-bond donors (Lipinski definition) is 2. The van der Waals surface area contributed by atoms with Gasteiger partial charge in [-0.05, 0) is 35.7 Å². The van der Waals surface area contributed by atoms with E-state index in [4.69, 9.17) is 4.74 Å². The molecule has 2 rings (SSSR count). The summed E-state index contributed by atoms with van der Waals surface area (Å²) in [4.78, 5) is 24.2. The van der Waals surface area contributed by atoms with Crippen molar-refractivity contribution in [2.24, 2.45) is 5.92 Å². The van der Waals surface area contributed by atoms with Crippen molar-refractivity contribution in [1.29, 1.82) is 0 Å². The monoisotopic (exact) mass is 376 g/mol. The lowest BCUT2D eigenvalue weighted by atomic mass is 10.1. The van der Waals surface area contributed by atoms with E-state index in [-0.39, 0.29) is 24.1 Å². The van der Waals surface area contributed by atoms with E-state index < -0.39 is 23.6 Å². The maximum Gasteiger partial charge on any atom is 0.261 e. The molecule has 0 saturated carbocycles. The summed E-state index contributed by atoms with van der Waals surface area (Å²) in [6.45, 7) is 3.71. The van der Waals surface area contributed by atoms with E-state index in [1.807, 2.05) is 0 Å². The average Bonchev–Trinajstić information content (AvgIpc) is 2.64. The van der Waals surface area contributed by atoms with E-state index in [1.54, 1.807) is 38.1 Å². The number of amides is 2. The van der Waals surface area contributed by atoms with Gasteiger partial charge in [-0.15, -0.1) is 0 Å². The number of rotatable bonds is 7. The van der Waals surface area contributed by atoms with E-state index in [1.165, 1.54) is 7.05 Å². The third-order valence-corrected chi connectivity index (χ3v) is 3.89. The van der Waals surface area contributed by atoms with Gasteiger partial charge in [0.15, 0.2) is 17.7 Å². The highest BCUT2D eigenvalue weighted by atomic mass is 19.1. The molecule has 0 aliphatic heterocycles. The Hall–Kier alpha value is -2.96. The van der Waals surface area contributed by atoms with Gasteiger partial charge in [-0.1, -0.05) is 26.0 Å². The van der Waals surface area contributed by atoms with E-state index in [9.17, 15) is 18.4 Å². The van der Waals surface area contributed by atoms with Gasteiger partial charge < -0.3 is 15.4 Å². The highest BCUT2D eigenvalue weighted by molar-refractivity contribution is 5.94. The van der Waals surface area contributed by atoms with Crippen molar-refractivity contribution in [3.05, 3.63) is 65.2 Å². The summed E-state index contributed by atoms with van der Waals surface area (Å²) >= 11 is 0. The first-order valence-corrected chi connectivity index (χ1v) is 8.52. The maximum absolute atomic E-state index is 13.8. The maximum atomic E-state index is 13.8. The molecule has 0 radical (unpaired) electrons. The van der Waals surface area contributed by atoms with E-state index in [0.717, 1.165) is 17.7 Å². The Morgan fingerprint density at radius 1 is 1.11 bits per heavy atom. The number of carbonyl (C=O) groups is 2. The van der Waals surface area contributed by atoms with Crippen molar-refractivity contribution in [2.45, 2.75) is 26.5 Å². The van der Waals surface area contributed by atoms with Gasteiger partial charge in [-0.25, -0.2) is 8.78 Å². The molecular formula is C20H22F2N2O3. The minimum atomic E-state index is -0.952. The quantitative estimate of drug-likeness (QED) is 0.781. The van der Waals surface area contributed by atoms with Crippen LogP contribution in [0.4, 0.5) is 8.78 Å². The standard InChI is InChI=1S/C20H22F2N2O3/c1-12(2)18(27-17-8-7-15(21)10-16(17)22)20(26)24-11-13-5-4-6-14(9-13)19(25)23-3/h4-10,12,18H,11H2,1-3H3,(H,23,25)(H,24,26)/t18-/m1/s1. The first-order valence-electron chi connectivity index (χ1n) is 8.52. The van der Waals surface area contributed by atoms with Crippen molar-refractivity contribution < 1.29 is 23.1 Å². The minimum Gasteiger partial charge on any atom is -0.477 e. The van der Waals surface area contributed by atoms with E-state index in [0.29, 0.717) is 11.6 Å². The van der Waals surface area contributed by atoms with Crippen LogP contribution in [0.2, 0.25) is 0 Å². The molecule has 0 bridgehead atoms. The van der Waals surface area contributed by atoms with Crippen LogP contribution in [0.25, 0.3) is 0 Å². The Morgan fingerprint density at radius 2 is 1.85 bits per heavy atom. The van der Waals surface area contributed by atoms with Gasteiger partial charge in [0.2, 0.25) is 0 Å². The molecule has 2 aromatic rings. The Morgan fingerprint density at radius 3 is 2.48 bits per heavy atom. The molecule has 144 valence electrons. The lowest BCUT2D eigenvalue weighted by molar-refractivity contribution is -0.130. The Labute approximate surface area is 156 Å². The summed E-state index contributed by atoms with van der Waals surface area (Å²) in [6, 6.07) is 9.76. The van der Waals surface area contributed by atoms with Crippen molar-refractivity contribution in [3.8, 4) is 5.75 Å². The summed E-state index contributed by atoms with van der Waals surface area (Å²) in [5, 5.41) is 5.26. The van der Waals surface area contributed by atoms with Gasteiger partial charge in [0, 0.05) is 25.2 Å². The molecule has 2 aromatic carbocycles. The molecule has 1 atom stereocenters. The normalized spacial score (nSPS) is 11.8. The van der Waals surface area contributed by atoms with Gasteiger partial charge in [-0.2, -0.15) is 0 Å². The predicted octanol–water partition coefficient (Wildman–Crippen LogP) is 3.04. The lowest BCUT2D eigenvalue weighted by Gasteiger charge is -2.22. The fourth-order valence-corrected chi connectivity index (χ4v) is 2.46. The lowest BCUT2D eigenvalue weighted by Crippen LogP contribution is -2.41. The van der Waals surface area contributed by atoms with Gasteiger partial charge in [-0.3, -0.25) is 9.59 Å². The van der Waals surface area contributed by atoms with Gasteiger partial charge in [0.05, 0.1) is 0 Å². The highest BCUT2D eigenvalue weighted by Gasteiger charge is 2.25. The average molecular weight is 376 g/mol. The van der Waals surface area contributed by atoms with Crippen LogP contribution in [0.1, 0.15) is 29.8 Å². The first-order chi connectivity index (χ1) is 12.8. The molecule has 0 spiro atoms. The van der Waals surface area contributed by atoms with Crippen LogP contribution < -0.4 is 15.4 Å². The number of carbonyl (C=O) groups excluding carboxylic acids is 2. The molecule has 27 heavy (non-hydrogen) atoms. The second-order valence-corrected chi connectivity index (χ2v) is 6.35. The Kier molecular flexibility index (Phi) is 6.87. The van der Waals surface area contributed by atoms with Crippen LogP contribution in [0.5, 0.6) is 5.75 Å². The Balaban J connectivity index is 2.06. The fraction of sp³-hybridized carbons (Fsp3) is 0.300. The van der Waals surface area contributed by atoms with Crippen LogP contribution in [-0.4, -0.2) is 25.0 Å². The summed E-state index contributed by atoms with van der Waals surface area (Å²) in [6.07, 6.45) is -0.952. The number of hydrogen-bond acceptors (Lipinski definition) is 3. The zero-order chi connectivity index (χ0) is 20.0. The molecule has 0 aliphatic carbocycles. The van der Waals surface area contributed by atoms with Crippen molar-refractivity contribution in [2.75, 3.05) is 7.05 Å². The molecule has 7 heteroatoms. The van der Waals surface area contributed by atoms with E-state index >= 15 is 0 Å². The molecule has 0 unspecified atom stereocenters. The molecule has 5 nitrogen and oxygen atoms in total. The fourth-order valence-electron chi connectivity index (χ4n) is 2.46. The summed E-state index contributed by atoms with van der Waals surface area (Å²) < 4.78 is 32.3. The molecule has 0 aliphatic rings. The summed E-state index contributed by atoms with van der Waals surface area (Å²) in [5.41, 5.74) is 1.22. The number of ether oxygens (including phenoxy) is 1. The molecule has 0 saturated heterocycles. The summed E-state index contributed by atoms with van der Waals surface area (Å²) in [7, 11) is 1.54. The van der Waals surface area contributed by atoms with Gasteiger partial charge in [0.25, 0.3) is 11.8 Å². The second-order valence-electron chi connectivity index (χ2n) is 6.35. The molecule has 0 heterocycles. The van der Waals surface area contributed by atoms with Crippen LogP contribution >= 0.6 is 0 Å². The van der Waals surface area contributed by atoms with E-state index in [2.05, 4.69) is 10.6 Å². The van der Waals surface area contributed by atoms with Crippen LogP contribution in [-0.2, 0) is 11.3 Å². The zero-order valence-electron chi connectivity index (χ0n) is 15.4. The van der Waals surface area contributed by atoms with Gasteiger partial charge >= 0.3 is 0 Å². The second kappa shape index (κ2) is 9.12. The molecule has 0 aromatic heterocycles. The Bertz CT molecular complexity index is 825. The smallest absolute Gasteiger partial charge is 0.261 e. The largest absolute Gasteiger partial charge is 0.477 e. The molecule has 2 amide bonds. The molecule has 2 N–H and O–H groups in total. The third kappa shape index (κ3) is 5.51. The minimum absolute atomic E-state index is 0.183. The van der Waals surface area contributed by atoms with Crippen LogP contribution in [0.15, 0.2) is 42.5 Å². The van der Waals surface area contributed by atoms with Crippen molar-refractivity contribution in [1.82, 2.24) is 10.6 Å². The predicted molar refractivity (Wildman–Crippen MR) is 97.3 cm³/mol. The van der Waals surface area contributed by atoms with Crippen LogP contribution in [0.3, 0.4) is 0 Å². The summed E-state index contributed by atoms with van der Waals surface area (Å²) in [5.74, 6) is -2.68. The SMILES string of the molecule is CNC(=O)c1cccc(CNC(=O)[C@H](Oc2ccc(F)cc2F)C(C)C)c1. The number of benzene rings is 2. The third-order valence-electron chi connectivity index (χ3n) is 3.89. The van der Waals surface area contributed by atoms with Gasteiger partial charge in [0.1, 0.15) is 5.82 Å². The molecule has 0 fully saturated rings. The topological polar surface area (TPSA) is 67.4 Å². The number of nitrogens with one attached hydrogen (secondary N) is 2. The van der Waals surface area contributed by atoms with Crippen molar-refractivity contribution in [3.63, 3.8) is 0 Å². The first kappa shape index (κ1) is 20.4. The van der Waals surface area contributed by atoms with Crippen molar-refractivity contribution >= 4 is 11.8 Å². The van der Waals surface area contributed by atoms with Crippen LogP contribution in [0, 0.1) is 17.6 Å².